The van der Waals surface area contributed by atoms with Crippen molar-refractivity contribution in [1.82, 2.24) is 4.57 Å². The molecule has 0 aliphatic heterocycles. The Morgan fingerprint density at radius 2 is 1.84 bits per heavy atom. The molecule has 0 saturated heterocycles. The number of carbonyl (C=O) groups is 1. The van der Waals surface area contributed by atoms with Crippen LogP contribution in [0.5, 0.6) is 5.75 Å². The van der Waals surface area contributed by atoms with Gasteiger partial charge in [-0.3, -0.25) is 4.79 Å². The van der Waals surface area contributed by atoms with E-state index in [1.807, 2.05) is 12.1 Å². The molecule has 1 heterocycles. The average molecular weight is 449 g/mol. The third-order valence-corrected chi connectivity index (χ3v) is 5.18. The van der Waals surface area contributed by atoms with E-state index in [0.29, 0.717) is 0 Å². The van der Waals surface area contributed by atoms with E-state index < -0.39 is 0 Å². The van der Waals surface area contributed by atoms with E-state index in [1.54, 1.807) is 7.11 Å². The smallest absolute Gasteiger partial charge is 0.310 e. The molecule has 1 aromatic heterocycles. The van der Waals surface area contributed by atoms with Gasteiger partial charge in [-0.2, -0.15) is 0 Å². The molecule has 0 aliphatic carbocycles. The van der Waals surface area contributed by atoms with Crippen LogP contribution in [0.25, 0.3) is 10.9 Å². The number of ether oxygens (including phenoxy) is 2. The highest BCUT2D eigenvalue weighted by Gasteiger charge is 2.18. The van der Waals surface area contributed by atoms with Gasteiger partial charge in [-0.25, -0.2) is 0 Å². The maximum Gasteiger partial charge on any atom is 0.310 e. The fourth-order valence-corrected chi connectivity index (χ4v) is 3.43. The van der Waals surface area contributed by atoms with Crippen molar-refractivity contribution in [2.24, 2.45) is 0 Å². The second-order valence-electron chi connectivity index (χ2n) is 5.91. The zero-order valence-electron chi connectivity index (χ0n) is 14.5. The number of rotatable bonds is 5. The highest BCUT2D eigenvalue weighted by Crippen LogP contribution is 2.30. The van der Waals surface area contributed by atoms with Crippen molar-refractivity contribution >= 4 is 39.5 Å². The number of halogens is 1. The molecule has 0 unspecified atom stereocenters. The monoisotopic (exact) mass is 449 g/mol. The van der Waals surface area contributed by atoms with Crippen molar-refractivity contribution in [2.45, 2.75) is 19.9 Å². The molecule has 0 N–H and O–H groups in total. The molecule has 0 atom stereocenters. The van der Waals surface area contributed by atoms with E-state index in [9.17, 15) is 4.79 Å². The van der Waals surface area contributed by atoms with Gasteiger partial charge in [0.25, 0.3) is 0 Å². The normalized spacial score (nSPS) is 10.9. The number of nitrogens with zero attached hydrogens (tertiary/aromatic N) is 1. The van der Waals surface area contributed by atoms with Crippen molar-refractivity contribution in [3.05, 3.63) is 62.9 Å². The van der Waals surface area contributed by atoms with Crippen LogP contribution in [0.3, 0.4) is 0 Å². The molecule has 5 heteroatoms. The Labute approximate surface area is 160 Å². The van der Waals surface area contributed by atoms with Gasteiger partial charge >= 0.3 is 5.97 Å². The summed E-state index contributed by atoms with van der Waals surface area (Å²) >= 11 is 2.31. The number of esters is 1. The van der Waals surface area contributed by atoms with E-state index in [2.05, 4.69) is 64.4 Å². The van der Waals surface area contributed by atoms with Crippen molar-refractivity contribution in [1.29, 1.82) is 0 Å². The second kappa shape index (κ2) is 7.47. The summed E-state index contributed by atoms with van der Waals surface area (Å²) in [6.45, 7) is 2.81. The van der Waals surface area contributed by atoms with Crippen LogP contribution < -0.4 is 4.74 Å². The lowest BCUT2D eigenvalue weighted by molar-refractivity contribution is -0.139. The van der Waals surface area contributed by atoms with Crippen molar-refractivity contribution in [2.75, 3.05) is 14.2 Å². The molecule has 0 fully saturated rings. The van der Waals surface area contributed by atoms with Gasteiger partial charge in [0.05, 0.1) is 20.6 Å². The molecular formula is C20H20INO3. The Morgan fingerprint density at radius 1 is 1.12 bits per heavy atom. The molecule has 2 aromatic carbocycles. The van der Waals surface area contributed by atoms with Crippen molar-refractivity contribution in [3.8, 4) is 5.75 Å². The molecule has 0 bridgehead atoms. The van der Waals surface area contributed by atoms with Gasteiger partial charge in [0.1, 0.15) is 5.75 Å². The standard InChI is InChI=1S/C20H20INO3/c1-13-17(11-20(23)25-3)18-10-16(24-2)8-9-19(18)22(13)12-14-4-6-15(21)7-5-14/h4-10H,11-12H2,1-3H3. The van der Waals surface area contributed by atoms with Crippen LogP contribution in [0.4, 0.5) is 0 Å². The Balaban J connectivity index is 2.12. The molecule has 0 radical (unpaired) electrons. The molecule has 25 heavy (non-hydrogen) atoms. The fourth-order valence-electron chi connectivity index (χ4n) is 3.07. The summed E-state index contributed by atoms with van der Waals surface area (Å²) in [6.07, 6.45) is 0.256. The van der Waals surface area contributed by atoms with Gasteiger partial charge in [0, 0.05) is 26.7 Å². The third kappa shape index (κ3) is 3.66. The quantitative estimate of drug-likeness (QED) is 0.430. The molecular weight excluding hydrogens is 429 g/mol. The van der Waals surface area contributed by atoms with E-state index >= 15 is 0 Å². The van der Waals surface area contributed by atoms with E-state index in [-0.39, 0.29) is 12.4 Å². The SMILES string of the molecule is COC(=O)Cc1c(C)n(Cc2ccc(I)cc2)c2ccc(OC)cc12. The summed E-state index contributed by atoms with van der Waals surface area (Å²) in [5.74, 6) is 0.546. The molecule has 130 valence electrons. The Kier molecular flexibility index (Phi) is 5.32. The number of benzene rings is 2. The van der Waals surface area contributed by atoms with Crippen LogP contribution in [0, 0.1) is 10.5 Å². The highest BCUT2D eigenvalue weighted by molar-refractivity contribution is 14.1. The van der Waals surface area contributed by atoms with Crippen molar-refractivity contribution < 1.29 is 14.3 Å². The van der Waals surface area contributed by atoms with Crippen molar-refractivity contribution in [3.63, 3.8) is 0 Å². The Hall–Kier alpha value is -2.02. The minimum absolute atomic E-state index is 0.237. The molecule has 0 saturated carbocycles. The number of aromatic nitrogens is 1. The minimum atomic E-state index is -0.237. The number of carbonyl (C=O) groups excluding carboxylic acids is 1. The molecule has 0 amide bonds. The molecule has 3 rings (SSSR count). The van der Waals surface area contributed by atoms with Gasteiger partial charge in [-0.05, 0) is 71.0 Å². The van der Waals surface area contributed by atoms with Crippen LogP contribution in [0.1, 0.15) is 16.8 Å². The molecule has 0 aliphatic rings. The zero-order valence-corrected chi connectivity index (χ0v) is 16.7. The van der Waals surface area contributed by atoms with Crippen LogP contribution in [0.2, 0.25) is 0 Å². The van der Waals surface area contributed by atoms with Crippen LogP contribution in [-0.2, 0) is 22.5 Å². The fraction of sp³-hybridized carbons (Fsp3) is 0.250. The summed E-state index contributed by atoms with van der Waals surface area (Å²) in [5.41, 5.74) is 4.38. The van der Waals surface area contributed by atoms with E-state index in [4.69, 9.17) is 9.47 Å². The molecule has 4 nitrogen and oxygen atoms in total. The molecule has 3 aromatic rings. The van der Waals surface area contributed by atoms with E-state index in [1.165, 1.54) is 16.2 Å². The topological polar surface area (TPSA) is 40.5 Å². The van der Waals surface area contributed by atoms with Crippen LogP contribution in [-0.4, -0.2) is 24.8 Å². The van der Waals surface area contributed by atoms with Gasteiger partial charge in [-0.15, -0.1) is 0 Å². The summed E-state index contributed by atoms with van der Waals surface area (Å²) in [4.78, 5) is 11.9. The predicted octanol–water partition coefficient (Wildman–Crippen LogP) is 4.33. The molecule has 0 spiro atoms. The lowest BCUT2D eigenvalue weighted by Gasteiger charge is -2.09. The number of hydrogen-bond acceptors (Lipinski definition) is 3. The second-order valence-corrected chi connectivity index (χ2v) is 7.16. The Morgan fingerprint density at radius 3 is 2.48 bits per heavy atom. The van der Waals surface area contributed by atoms with Gasteiger partial charge in [0.2, 0.25) is 0 Å². The number of fused-ring (bicyclic) bond motifs is 1. The first-order valence-corrected chi connectivity index (χ1v) is 9.08. The first kappa shape index (κ1) is 17.8. The highest BCUT2D eigenvalue weighted by atomic mass is 127. The van der Waals surface area contributed by atoms with Gasteiger partial charge in [-0.1, -0.05) is 12.1 Å². The summed E-state index contributed by atoms with van der Waals surface area (Å²) in [6, 6.07) is 14.5. The maximum absolute atomic E-state index is 11.9. The lowest BCUT2D eigenvalue weighted by Crippen LogP contribution is -2.07. The summed E-state index contributed by atoms with van der Waals surface area (Å²) in [7, 11) is 3.07. The minimum Gasteiger partial charge on any atom is -0.497 e. The van der Waals surface area contributed by atoms with Crippen LogP contribution in [0.15, 0.2) is 42.5 Å². The number of hydrogen-bond donors (Lipinski definition) is 0. The first-order chi connectivity index (χ1) is 12.0. The maximum atomic E-state index is 11.9. The average Bonchev–Trinajstić information content (AvgIpc) is 2.88. The van der Waals surface area contributed by atoms with Gasteiger partial charge in [0.15, 0.2) is 0 Å². The van der Waals surface area contributed by atoms with Gasteiger partial charge < -0.3 is 14.0 Å². The summed E-state index contributed by atoms with van der Waals surface area (Å²) in [5, 5.41) is 1.03. The van der Waals surface area contributed by atoms with Crippen LogP contribution >= 0.6 is 22.6 Å². The number of methoxy groups -OCH3 is 2. The Bertz CT molecular complexity index is 913. The van der Waals surface area contributed by atoms with E-state index in [0.717, 1.165) is 34.5 Å². The third-order valence-electron chi connectivity index (χ3n) is 4.46. The zero-order chi connectivity index (χ0) is 18.0. The lowest BCUT2D eigenvalue weighted by atomic mass is 10.1. The first-order valence-electron chi connectivity index (χ1n) is 8.00. The predicted molar refractivity (Wildman–Crippen MR) is 107 cm³/mol. The largest absolute Gasteiger partial charge is 0.497 e. The summed E-state index contributed by atoms with van der Waals surface area (Å²) < 4.78 is 13.7.